The number of hydrogen-bond acceptors (Lipinski definition) is 5. The molecule has 1 atom stereocenters. The summed E-state index contributed by atoms with van der Waals surface area (Å²) in [5.41, 5.74) is 0.00306. The molecular weight excluding hydrogens is 264 g/mol. The van der Waals surface area contributed by atoms with Crippen LogP contribution >= 0.6 is 0 Å². The molecule has 0 aromatic carbocycles. The molecule has 1 amide bonds. The summed E-state index contributed by atoms with van der Waals surface area (Å²) < 4.78 is 10.1. The molecule has 7 nitrogen and oxygen atoms in total. The Hall–Kier alpha value is -2.57. The summed E-state index contributed by atoms with van der Waals surface area (Å²) >= 11 is 0. The van der Waals surface area contributed by atoms with E-state index in [0.29, 0.717) is 11.5 Å². The predicted molar refractivity (Wildman–Crippen MR) is 67.9 cm³/mol. The molecule has 7 heteroatoms. The maximum absolute atomic E-state index is 11.9. The van der Waals surface area contributed by atoms with Crippen LogP contribution in [0.3, 0.4) is 0 Å². The van der Waals surface area contributed by atoms with Crippen LogP contribution in [0.25, 0.3) is 11.5 Å². The van der Waals surface area contributed by atoms with Gasteiger partial charge in [-0.05, 0) is 18.1 Å². The first-order valence-electron chi connectivity index (χ1n) is 6.03. The normalized spacial score (nSPS) is 12.3. The number of amides is 1. The Bertz CT molecular complexity index is 600. The first-order valence-corrected chi connectivity index (χ1v) is 6.03. The van der Waals surface area contributed by atoms with E-state index in [9.17, 15) is 9.59 Å². The molecule has 0 radical (unpaired) electrons. The molecular formula is C13H14N2O5. The second-order valence-electron chi connectivity index (χ2n) is 4.59. The van der Waals surface area contributed by atoms with E-state index in [1.807, 2.05) is 0 Å². The van der Waals surface area contributed by atoms with Crippen LogP contribution in [0.15, 0.2) is 33.4 Å². The van der Waals surface area contributed by atoms with Crippen molar-refractivity contribution in [3.63, 3.8) is 0 Å². The van der Waals surface area contributed by atoms with Gasteiger partial charge >= 0.3 is 5.97 Å². The Morgan fingerprint density at radius 2 is 2.10 bits per heavy atom. The van der Waals surface area contributed by atoms with E-state index in [2.05, 4.69) is 10.5 Å². The molecule has 106 valence electrons. The standard InChI is InChI=1S/C13H14N2O5/c1-7(2)11(13(17)18)14-12(16)8-6-10(20-15-8)9-4-3-5-19-9/h3-7,11H,1-2H3,(H,14,16)(H,17,18). The third-order valence-corrected chi connectivity index (χ3v) is 2.73. The molecule has 0 spiro atoms. The van der Waals surface area contributed by atoms with Gasteiger partial charge in [0.1, 0.15) is 6.04 Å². The Balaban J connectivity index is 2.12. The summed E-state index contributed by atoms with van der Waals surface area (Å²) in [6.45, 7) is 3.41. The van der Waals surface area contributed by atoms with Crippen LogP contribution in [0.5, 0.6) is 0 Å². The van der Waals surface area contributed by atoms with E-state index in [4.69, 9.17) is 14.0 Å². The average Bonchev–Trinajstić information content (AvgIpc) is 3.04. The molecule has 0 fully saturated rings. The summed E-state index contributed by atoms with van der Waals surface area (Å²) in [4.78, 5) is 22.9. The number of furan rings is 1. The van der Waals surface area contributed by atoms with Gasteiger partial charge in [0.25, 0.3) is 5.91 Å². The van der Waals surface area contributed by atoms with Gasteiger partial charge in [0.15, 0.2) is 11.5 Å². The topological polar surface area (TPSA) is 106 Å². The molecule has 2 rings (SSSR count). The summed E-state index contributed by atoms with van der Waals surface area (Å²) in [6, 6.07) is 3.76. The zero-order valence-electron chi connectivity index (χ0n) is 11.0. The van der Waals surface area contributed by atoms with E-state index < -0.39 is 17.9 Å². The Morgan fingerprint density at radius 3 is 2.65 bits per heavy atom. The lowest BCUT2D eigenvalue weighted by Crippen LogP contribution is -2.44. The average molecular weight is 278 g/mol. The van der Waals surface area contributed by atoms with E-state index in [1.54, 1.807) is 26.0 Å². The molecule has 1 unspecified atom stereocenters. The van der Waals surface area contributed by atoms with Crippen molar-refractivity contribution in [2.45, 2.75) is 19.9 Å². The third kappa shape index (κ3) is 2.87. The molecule has 20 heavy (non-hydrogen) atoms. The van der Waals surface area contributed by atoms with Crippen LogP contribution in [0, 0.1) is 5.92 Å². The highest BCUT2D eigenvalue weighted by Crippen LogP contribution is 2.20. The van der Waals surface area contributed by atoms with Gasteiger partial charge in [0.2, 0.25) is 5.76 Å². The molecule has 0 saturated carbocycles. The van der Waals surface area contributed by atoms with Crippen molar-refractivity contribution < 1.29 is 23.6 Å². The lowest BCUT2D eigenvalue weighted by atomic mass is 10.0. The maximum atomic E-state index is 11.9. The molecule has 2 aromatic heterocycles. The van der Waals surface area contributed by atoms with Crippen molar-refractivity contribution in [3.8, 4) is 11.5 Å². The van der Waals surface area contributed by atoms with Crippen LogP contribution < -0.4 is 5.32 Å². The van der Waals surface area contributed by atoms with E-state index >= 15 is 0 Å². The second kappa shape index (κ2) is 5.60. The predicted octanol–water partition coefficient (Wildman–Crippen LogP) is 1.77. The number of rotatable bonds is 5. The van der Waals surface area contributed by atoms with Crippen molar-refractivity contribution in [1.82, 2.24) is 10.5 Å². The largest absolute Gasteiger partial charge is 0.480 e. The minimum absolute atomic E-state index is 0.00306. The number of carbonyl (C=O) groups excluding carboxylic acids is 1. The minimum atomic E-state index is -1.09. The number of aliphatic carboxylic acids is 1. The lowest BCUT2D eigenvalue weighted by Gasteiger charge is -2.16. The molecule has 2 heterocycles. The summed E-state index contributed by atoms with van der Waals surface area (Å²) in [7, 11) is 0. The first kappa shape index (κ1) is 13.9. The molecule has 0 aliphatic rings. The fourth-order valence-electron chi connectivity index (χ4n) is 1.65. The van der Waals surface area contributed by atoms with Gasteiger partial charge < -0.3 is 19.4 Å². The van der Waals surface area contributed by atoms with Crippen molar-refractivity contribution in [2.24, 2.45) is 5.92 Å². The minimum Gasteiger partial charge on any atom is -0.480 e. The smallest absolute Gasteiger partial charge is 0.326 e. The Labute approximate surface area is 114 Å². The van der Waals surface area contributed by atoms with Gasteiger partial charge in [-0.25, -0.2) is 4.79 Å². The molecule has 0 aliphatic heterocycles. The van der Waals surface area contributed by atoms with E-state index in [-0.39, 0.29) is 11.6 Å². The number of nitrogens with one attached hydrogen (secondary N) is 1. The first-order chi connectivity index (χ1) is 9.49. The number of nitrogens with zero attached hydrogens (tertiary/aromatic N) is 1. The SMILES string of the molecule is CC(C)C(NC(=O)c1cc(-c2ccco2)on1)C(=O)O. The number of aromatic nitrogens is 1. The zero-order chi connectivity index (χ0) is 14.7. The number of hydrogen-bond donors (Lipinski definition) is 2. The van der Waals surface area contributed by atoms with Crippen LogP contribution in [-0.2, 0) is 4.79 Å². The number of carboxylic acid groups (broad SMARTS) is 1. The summed E-state index contributed by atoms with van der Waals surface area (Å²) in [5.74, 6) is -1.20. The fourth-order valence-corrected chi connectivity index (χ4v) is 1.65. The fraction of sp³-hybridized carbons (Fsp3) is 0.308. The molecule has 0 aliphatic carbocycles. The second-order valence-corrected chi connectivity index (χ2v) is 4.59. The zero-order valence-corrected chi connectivity index (χ0v) is 11.0. The van der Waals surface area contributed by atoms with Crippen LogP contribution in [0.4, 0.5) is 0 Å². The summed E-state index contributed by atoms with van der Waals surface area (Å²) in [6.07, 6.45) is 1.47. The van der Waals surface area contributed by atoms with E-state index in [0.717, 1.165) is 0 Å². The van der Waals surface area contributed by atoms with Crippen molar-refractivity contribution in [2.75, 3.05) is 0 Å². The monoisotopic (exact) mass is 278 g/mol. The van der Waals surface area contributed by atoms with Crippen molar-refractivity contribution in [3.05, 3.63) is 30.2 Å². The maximum Gasteiger partial charge on any atom is 0.326 e. The third-order valence-electron chi connectivity index (χ3n) is 2.73. The highest BCUT2D eigenvalue weighted by Gasteiger charge is 2.25. The van der Waals surface area contributed by atoms with Gasteiger partial charge in [-0.2, -0.15) is 0 Å². The quantitative estimate of drug-likeness (QED) is 0.863. The van der Waals surface area contributed by atoms with Crippen LogP contribution in [-0.4, -0.2) is 28.2 Å². The highest BCUT2D eigenvalue weighted by atomic mass is 16.5. The molecule has 2 N–H and O–H groups in total. The van der Waals surface area contributed by atoms with Gasteiger partial charge in [-0.1, -0.05) is 19.0 Å². The van der Waals surface area contributed by atoms with Gasteiger partial charge in [-0.15, -0.1) is 0 Å². The van der Waals surface area contributed by atoms with Gasteiger partial charge in [0.05, 0.1) is 6.26 Å². The Kier molecular flexibility index (Phi) is 3.88. The van der Waals surface area contributed by atoms with Crippen molar-refractivity contribution in [1.29, 1.82) is 0 Å². The van der Waals surface area contributed by atoms with Crippen LogP contribution in [0.1, 0.15) is 24.3 Å². The summed E-state index contributed by atoms with van der Waals surface area (Å²) in [5, 5.41) is 15.0. The van der Waals surface area contributed by atoms with Crippen LogP contribution in [0.2, 0.25) is 0 Å². The van der Waals surface area contributed by atoms with E-state index in [1.165, 1.54) is 12.3 Å². The molecule has 0 saturated heterocycles. The molecule has 2 aromatic rings. The number of carbonyl (C=O) groups is 2. The highest BCUT2D eigenvalue weighted by molar-refractivity contribution is 5.95. The Morgan fingerprint density at radius 1 is 1.35 bits per heavy atom. The van der Waals surface area contributed by atoms with Gasteiger partial charge in [0, 0.05) is 6.07 Å². The molecule has 0 bridgehead atoms. The lowest BCUT2D eigenvalue weighted by molar-refractivity contribution is -0.140. The van der Waals surface area contributed by atoms with Crippen molar-refractivity contribution >= 4 is 11.9 Å². The number of carboxylic acids is 1. The van der Waals surface area contributed by atoms with Gasteiger partial charge in [-0.3, -0.25) is 4.79 Å².